The van der Waals surface area contributed by atoms with Gasteiger partial charge in [0.15, 0.2) is 5.78 Å². The van der Waals surface area contributed by atoms with Crippen LogP contribution in [0.3, 0.4) is 0 Å². The molecule has 0 saturated heterocycles. The summed E-state index contributed by atoms with van der Waals surface area (Å²) in [5.41, 5.74) is 5.07. The summed E-state index contributed by atoms with van der Waals surface area (Å²) in [6.07, 6.45) is 3.64. The van der Waals surface area contributed by atoms with Gasteiger partial charge in [-0.1, -0.05) is 48.5 Å². The Hall–Kier alpha value is -1.89. The molecule has 19 heavy (non-hydrogen) atoms. The first-order valence-corrected chi connectivity index (χ1v) is 6.94. The number of carbonyl (C=O) groups excluding carboxylic acids is 1. The molecular weight excluding hydrogens is 232 g/mol. The van der Waals surface area contributed by atoms with Gasteiger partial charge >= 0.3 is 0 Å². The van der Waals surface area contributed by atoms with Crippen LogP contribution in [0.25, 0.3) is 0 Å². The van der Waals surface area contributed by atoms with E-state index in [1.165, 1.54) is 36.0 Å². The van der Waals surface area contributed by atoms with Gasteiger partial charge in [-0.05, 0) is 42.9 Å². The van der Waals surface area contributed by atoms with Gasteiger partial charge in [0.1, 0.15) is 0 Å². The van der Waals surface area contributed by atoms with Crippen LogP contribution in [0.15, 0.2) is 48.5 Å². The van der Waals surface area contributed by atoms with Crippen molar-refractivity contribution in [2.75, 3.05) is 0 Å². The SMILES string of the molecule is CC(=O)c1ccc(C2CCCc3ccccc32)cc1. The van der Waals surface area contributed by atoms with E-state index in [0.717, 1.165) is 5.56 Å². The molecule has 96 valence electrons. The highest BCUT2D eigenvalue weighted by atomic mass is 16.1. The van der Waals surface area contributed by atoms with E-state index >= 15 is 0 Å². The molecule has 0 aromatic heterocycles. The normalized spacial score (nSPS) is 17.8. The van der Waals surface area contributed by atoms with Crippen LogP contribution in [-0.4, -0.2) is 5.78 Å². The predicted octanol–water partition coefficient (Wildman–Crippen LogP) is 4.36. The van der Waals surface area contributed by atoms with E-state index in [2.05, 4.69) is 36.4 Å². The summed E-state index contributed by atoms with van der Waals surface area (Å²) < 4.78 is 0. The first-order valence-electron chi connectivity index (χ1n) is 6.94. The van der Waals surface area contributed by atoms with Crippen molar-refractivity contribution in [1.82, 2.24) is 0 Å². The lowest BCUT2D eigenvalue weighted by Crippen LogP contribution is -2.11. The number of Topliss-reactive ketones (excluding diaryl/α,β-unsaturated/α-hetero) is 1. The zero-order chi connectivity index (χ0) is 13.2. The van der Waals surface area contributed by atoms with Gasteiger partial charge < -0.3 is 0 Å². The highest BCUT2D eigenvalue weighted by Gasteiger charge is 2.21. The summed E-state index contributed by atoms with van der Waals surface area (Å²) in [7, 11) is 0. The Bertz CT molecular complexity index is 595. The standard InChI is InChI=1S/C18H18O/c1-13(19)14-9-11-16(12-10-14)18-8-4-6-15-5-2-3-7-17(15)18/h2-3,5,7,9-12,18H,4,6,8H2,1H3. The number of hydrogen-bond acceptors (Lipinski definition) is 1. The third kappa shape index (κ3) is 2.33. The van der Waals surface area contributed by atoms with Crippen LogP contribution in [0.2, 0.25) is 0 Å². The molecule has 0 N–H and O–H groups in total. The molecule has 0 bridgehead atoms. The molecular formula is C18H18O. The molecule has 1 unspecified atom stereocenters. The van der Waals surface area contributed by atoms with Crippen molar-refractivity contribution < 1.29 is 4.79 Å². The van der Waals surface area contributed by atoms with Gasteiger partial charge in [0.25, 0.3) is 0 Å². The largest absolute Gasteiger partial charge is 0.295 e. The third-order valence-electron chi connectivity index (χ3n) is 4.09. The molecule has 0 amide bonds. The van der Waals surface area contributed by atoms with Gasteiger partial charge in [-0.25, -0.2) is 0 Å². The summed E-state index contributed by atoms with van der Waals surface area (Å²) in [6.45, 7) is 1.62. The van der Waals surface area contributed by atoms with Crippen molar-refractivity contribution in [3.63, 3.8) is 0 Å². The number of fused-ring (bicyclic) bond motifs is 1. The van der Waals surface area contributed by atoms with E-state index in [1.807, 2.05) is 12.1 Å². The Morgan fingerprint density at radius 1 is 1.05 bits per heavy atom. The molecule has 1 aliphatic carbocycles. The minimum Gasteiger partial charge on any atom is -0.295 e. The maximum Gasteiger partial charge on any atom is 0.159 e. The van der Waals surface area contributed by atoms with Crippen LogP contribution in [-0.2, 0) is 6.42 Å². The highest BCUT2D eigenvalue weighted by molar-refractivity contribution is 5.94. The number of hydrogen-bond donors (Lipinski definition) is 0. The summed E-state index contributed by atoms with van der Waals surface area (Å²) in [5, 5.41) is 0. The highest BCUT2D eigenvalue weighted by Crippen LogP contribution is 2.36. The maximum atomic E-state index is 11.3. The van der Waals surface area contributed by atoms with Crippen molar-refractivity contribution in [3.05, 3.63) is 70.8 Å². The molecule has 0 radical (unpaired) electrons. The number of aryl methyl sites for hydroxylation is 1. The zero-order valence-corrected chi connectivity index (χ0v) is 11.2. The Morgan fingerprint density at radius 2 is 1.79 bits per heavy atom. The second-order valence-electron chi connectivity index (χ2n) is 5.32. The van der Waals surface area contributed by atoms with Crippen LogP contribution in [0, 0.1) is 0 Å². The van der Waals surface area contributed by atoms with Gasteiger partial charge in [0, 0.05) is 11.5 Å². The third-order valence-corrected chi connectivity index (χ3v) is 4.09. The van der Waals surface area contributed by atoms with E-state index in [9.17, 15) is 4.79 Å². The van der Waals surface area contributed by atoms with E-state index < -0.39 is 0 Å². The molecule has 2 aromatic rings. The van der Waals surface area contributed by atoms with Crippen molar-refractivity contribution in [2.45, 2.75) is 32.1 Å². The van der Waals surface area contributed by atoms with Crippen LogP contribution in [0.5, 0.6) is 0 Å². The molecule has 1 aliphatic rings. The van der Waals surface area contributed by atoms with Crippen LogP contribution in [0.1, 0.15) is 52.7 Å². The van der Waals surface area contributed by atoms with Crippen molar-refractivity contribution >= 4 is 5.78 Å². The monoisotopic (exact) mass is 250 g/mol. The summed E-state index contributed by atoms with van der Waals surface area (Å²) in [6, 6.07) is 16.9. The molecule has 1 atom stereocenters. The van der Waals surface area contributed by atoms with E-state index in [1.54, 1.807) is 6.92 Å². The van der Waals surface area contributed by atoms with Crippen LogP contribution in [0.4, 0.5) is 0 Å². The molecule has 0 heterocycles. The molecule has 2 aromatic carbocycles. The molecule has 0 aliphatic heterocycles. The van der Waals surface area contributed by atoms with Crippen molar-refractivity contribution in [3.8, 4) is 0 Å². The Morgan fingerprint density at radius 3 is 2.53 bits per heavy atom. The molecule has 1 nitrogen and oxygen atoms in total. The zero-order valence-electron chi connectivity index (χ0n) is 11.2. The van der Waals surface area contributed by atoms with Gasteiger partial charge in [-0.15, -0.1) is 0 Å². The number of rotatable bonds is 2. The van der Waals surface area contributed by atoms with Gasteiger partial charge in [-0.2, -0.15) is 0 Å². The molecule has 0 spiro atoms. The van der Waals surface area contributed by atoms with Crippen LogP contribution >= 0.6 is 0 Å². The Labute approximate surface area is 114 Å². The fourth-order valence-electron chi connectivity index (χ4n) is 3.05. The molecule has 1 heteroatoms. The topological polar surface area (TPSA) is 17.1 Å². The quantitative estimate of drug-likeness (QED) is 0.724. The summed E-state index contributed by atoms with van der Waals surface area (Å²) in [5.74, 6) is 0.626. The fourth-order valence-corrected chi connectivity index (χ4v) is 3.05. The lowest BCUT2D eigenvalue weighted by molar-refractivity contribution is 0.101. The molecule has 0 saturated carbocycles. The Balaban J connectivity index is 1.97. The first kappa shape index (κ1) is 12.2. The summed E-state index contributed by atoms with van der Waals surface area (Å²) >= 11 is 0. The van der Waals surface area contributed by atoms with Crippen LogP contribution < -0.4 is 0 Å². The predicted molar refractivity (Wildman–Crippen MR) is 77.7 cm³/mol. The summed E-state index contributed by atoms with van der Waals surface area (Å²) in [4.78, 5) is 11.3. The fraction of sp³-hybridized carbons (Fsp3) is 0.278. The number of ketones is 1. The molecule has 3 rings (SSSR count). The van der Waals surface area contributed by atoms with Crippen molar-refractivity contribution in [1.29, 1.82) is 0 Å². The second kappa shape index (κ2) is 5.00. The average molecular weight is 250 g/mol. The van der Waals surface area contributed by atoms with Gasteiger partial charge in [0.2, 0.25) is 0 Å². The maximum absolute atomic E-state index is 11.3. The second-order valence-corrected chi connectivity index (χ2v) is 5.32. The van der Waals surface area contributed by atoms with Gasteiger partial charge in [0.05, 0.1) is 0 Å². The molecule has 0 fully saturated rings. The van der Waals surface area contributed by atoms with E-state index in [4.69, 9.17) is 0 Å². The number of carbonyl (C=O) groups is 1. The lowest BCUT2D eigenvalue weighted by atomic mass is 9.79. The van der Waals surface area contributed by atoms with E-state index in [-0.39, 0.29) is 5.78 Å². The Kier molecular flexibility index (Phi) is 3.20. The average Bonchev–Trinajstić information content (AvgIpc) is 2.47. The smallest absolute Gasteiger partial charge is 0.159 e. The minimum atomic E-state index is 0.135. The minimum absolute atomic E-state index is 0.135. The first-order chi connectivity index (χ1) is 9.25. The number of benzene rings is 2. The van der Waals surface area contributed by atoms with Gasteiger partial charge in [-0.3, -0.25) is 4.79 Å². The van der Waals surface area contributed by atoms with Crippen molar-refractivity contribution in [2.24, 2.45) is 0 Å². The lowest BCUT2D eigenvalue weighted by Gasteiger charge is -2.26. The van der Waals surface area contributed by atoms with E-state index in [0.29, 0.717) is 5.92 Å².